The molecule has 12 heteroatoms. The Labute approximate surface area is 219 Å². The van der Waals surface area contributed by atoms with Crippen molar-refractivity contribution in [1.82, 2.24) is 14.7 Å². The summed E-state index contributed by atoms with van der Waals surface area (Å²) in [6, 6.07) is 5.97. The molecule has 1 amide bonds. The number of carboxylic acids is 1. The highest BCUT2D eigenvalue weighted by atomic mass is 35.5. The summed E-state index contributed by atoms with van der Waals surface area (Å²) in [5, 5.41) is 17.0. The number of aromatic nitrogens is 2. The third kappa shape index (κ3) is 6.97. The van der Waals surface area contributed by atoms with Gasteiger partial charge in [0, 0.05) is 56.3 Å². The number of nitrogens with one attached hydrogen (secondary N) is 1. The third-order valence-electron chi connectivity index (χ3n) is 6.68. The molecule has 204 valence electrons. The van der Waals surface area contributed by atoms with Gasteiger partial charge in [-0.1, -0.05) is 25.4 Å². The van der Waals surface area contributed by atoms with Gasteiger partial charge in [-0.05, 0) is 43.4 Å². The first kappa shape index (κ1) is 28.8. The Morgan fingerprint density at radius 3 is 2.54 bits per heavy atom. The predicted molar refractivity (Wildman–Crippen MR) is 134 cm³/mol. The number of rotatable bonds is 12. The van der Waals surface area contributed by atoms with Crippen LogP contribution in [0, 0.1) is 5.92 Å². The number of carboxylic acid groups (broad SMARTS) is 1. The highest BCUT2D eigenvalue weighted by Gasteiger charge is 2.45. The number of alkyl halides is 2. The maximum atomic E-state index is 13.9. The monoisotopic (exact) mass is 542 g/mol. The zero-order valence-electron chi connectivity index (χ0n) is 21.1. The molecule has 0 bridgehead atoms. The number of piperidine rings is 1. The number of amides is 1. The van der Waals surface area contributed by atoms with E-state index in [9.17, 15) is 23.5 Å². The topological polar surface area (TPSA) is 106 Å². The third-order valence-corrected chi connectivity index (χ3v) is 6.92. The molecule has 2 N–H and O–H groups in total. The highest BCUT2D eigenvalue weighted by Crippen LogP contribution is 2.37. The molecule has 2 heterocycles. The molecule has 3 rings (SSSR count). The van der Waals surface area contributed by atoms with Crippen LogP contribution in [0.15, 0.2) is 30.5 Å². The average Bonchev–Trinajstić information content (AvgIpc) is 3.34. The quantitative estimate of drug-likeness (QED) is 0.409. The Morgan fingerprint density at radius 1 is 1.24 bits per heavy atom. The molecule has 0 aliphatic carbocycles. The van der Waals surface area contributed by atoms with Crippen LogP contribution in [-0.4, -0.2) is 71.6 Å². The second-order valence-corrected chi connectivity index (χ2v) is 9.88. The number of benzene rings is 1. The minimum absolute atomic E-state index is 0.0697. The van der Waals surface area contributed by atoms with E-state index in [0.717, 1.165) is 5.69 Å². The van der Waals surface area contributed by atoms with Crippen molar-refractivity contribution in [3.63, 3.8) is 0 Å². The van der Waals surface area contributed by atoms with Crippen molar-refractivity contribution in [2.24, 2.45) is 5.92 Å². The Balaban J connectivity index is 1.89. The van der Waals surface area contributed by atoms with Gasteiger partial charge in [-0.3, -0.25) is 14.3 Å². The first-order valence-electron chi connectivity index (χ1n) is 12.1. The highest BCUT2D eigenvalue weighted by molar-refractivity contribution is 6.30. The lowest BCUT2D eigenvalue weighted by atomic mass is 9.85. The van der Waals surface area contributed by atoms with Crippen molar-refractivity contribution in [3.05, 3.63) is 41.2 Å². The molecule has 0 spiro atoms. The Kier molecular flexibility index (Phi) is 9.86. The van der Waals surface area contributed by atoms with Crippen LogP contribution in [0.25, 0.3) is 0 Å². The predicted octanol–water partition coefficient (Wildman–Crippen LogP) is 4.43. The molecule has 9 nitrogen and oxygen atoms in total. The number of nitrogens with zero attached hydrogens (tertiary/aromatic N) is 3. The van der Waals surface area contributed by atoms with Gasteiger partial charge in [-0.2, -0.15) is 13.9 Å². The van der Waals surface area contributed by atoms with Crippen molar-refractivity contribution in [3.8, 4) is 5.75 Å². The molecule has 0 unspecified atom stereocenters. The average molecular weight is 543 g/mol. The first-order valence-corrected chi connectivity index (χ1v) is 12.5. The lowest BCUT2D eigenvalue weighted by molar-refractivity contribution is -0.143. The van der Waals surface area contributed by atoms with E-state index in [-0.39, 0.29) is 22.4 Å². The molecular weight excluding hydrogens is 510 g/mol. The fourth-order valence-corrected chi connectivity index (χ4v) is 4.81. The lowest BCUT2D eigenvalue weighted by Gasteiger charge is -2.42. The Bertz CT molecular complexity index is 1070. The second-order valence-electron chi connectivity index (χ2n) is 9.44. The van der Waals surface area contributed by atoms with Crippen molar-refractivity contribution >= 4 is 29.2 Å². The number of hydrogen-bond acceptors (Lipinski definition) is 6. The van der Waals surface area contributed by atoms with Crippen molar-refractivity contribution < 1.29 is 33.0 Å². The minimum Gasteiger partial charge on any atom is -0.481 e. The molecule has 1 aliphatic heterocycles. The van der Waals surface area contributed by atoms with Gasteiger partial charge in [0.05, 0.1) is 11.6 Å². The largest absolute Gasteiger partial charge is 0.481 e. The zero-order valence-corrected chi connectivity index (χ0v) is 21.9. The number of anilines is 1. The smallest absolute Gasteiger partial charge is 0.387 e. The van der Waals surface area contributed by atoms with Crippen LogP contribution < -0.4 is 10.1 Å². The maximum Gasteiger partial charge on any atom is 0.387 e. The number of halogens is 3. The Morgan fingerprint density at radius 2 is 1.95 bits per heavy atom. The number of aliphatic carboxylic acids is 1. The normalized spacial score (nSPS) is 16.6. The van der Waals surface area contributed by atoms with Gasteiger partial charge in [-0.15, -0.1) is 0 Å². The molecule has 0 saturated carbocycles. The van der Waals surface area contributed by atoms with Crippen molar-refractivity contribution in [2.75, 3.05) is 38.7 Å². The van der Waals surface area contributed by atoms with Crippen LogP contribution in [-0.2, 0) is 19.9 Å². The van der Waals surface area contributed by atoms with Crippen molar-refractivity contribution in [2.45, 2.75) is 51.2 Å². The molecule has 1 fully saturated rings. The number of ether oxygens (including phenoxy) is 2. The van der Waals surface area contributed by atoms with Gasteiger partial charge in [-0.25, -0.2) is 0 Å². The maximum absolute atomic E-state index is 13.9. The van der Waals surface area contributed by atoms with Gasteiger partial charge < -0.3 is 24.8 Å². The summed E-state index contributed by atoms with van der Waals surface area (Å²) in [6.45, 7) is 2.46. The Hall–Kier alpha value is -2.76. The van der Waals surface area contributed by atoms with E-state index in [0.29, 0.717) is 45.5 Å². The summed E-state index contributed by atoms with van der Waals surface area (Å²) in [5.74, 6) is -2.08. The fraction of sp³-hybridized carbons (Fsp3) is 0.560. The molecule has 2 aromatic rings. The van der Waals surface area contributed by atoms with E-state index in [1.165, 1.54) is 25.3 Å². The van der Waals surface area contributed by atoms with Crippen LogP contribution in [0.1, 0.15) is 44.7 Å². The summed E-state index contributed by atoms with van der Waals surface area (Å²) in [5.41, 5.74) is -0.195. The summed E-state index contributed by atoms with van der Waals surface area (Å²) in [6.07, 6.45) is 2.70. The number of methoxy groups -OCH3 is 1. The number of likely N-dealkylation sites (tertiary alicyclic amines) is 1. The molecule has 1 aromatic heterocycles. The molecule has 1 atom stereocenters. The van der Waals surface area contributed by atoms with Crippen LogP contribution in [0.4, 0.5) is 14.5 Å². The van der Waals surface area contributed by atoms with Gasteiger partial charge in [0.1, 0.15) is 5.54 Å². The van der Waals surface area contributed by atoms with Crippen LogP contribution >= 0.6 is 11.6 Å². The number of carbonyl (C=O) groups excluding carboxylic acids is 1. The summed E-state index contributed by atoms with van der Waals surface area (Å²) in [7, 11) is 1.53. The minimum atomic E-state index is -3.09. The molecule has 0 radical (unpaired) electrons. The van der Waals surface area contributed by atoms with Gasteiger partial charge in [0.25, 0.3) is 5.91 Å². The van der Waals surface area contributed by atoms with Crippen LogP contribution in [0.3, 0.4) is 0 Å². The standard InChI is InChI=1S/C25H33ClF2N4O5/c1-16(2)20-6-10-29-32(20)25(8-11-31(12-9-25)15-17(22(33)34)7-13-36-3)23(35)30-19-5-4-18(26)14-21(19)37-24(27)28/h4-6,10,14,16-17,24H,7-9,11-13,15H2,1-3H3,(H,30,35)(H,33,34)/t17-/m0/s1. The van der Waals surface area contributed by atoms with Crippen LogP contribution in [0.2, 0.25) is 5.02 Å². The summed E-state index contributed by atoms with van der Waals surface area (Å²) < 4.78 is 37.3. The van der Waals surface area contributed by atoms with Gasteiger partial charge in [0.2, 0.25) is 0 Å². The molecular formula is C25H33ClF2N4O5. The van der Waals surface area contributed by atoms with E-state index in [4.69, 9.17) is 16.3 Å². The molecule has 1 aromatic carbocycles. The van der Waals surface area contributed by atoms with Gasteiger partial charge in [0.15, 0.2) is 5.75 Å². The van der Waals surface area contributed by atoms with E-state index in [2.05, 4.69) is 15.2 Å². The lowest BCUT2D eigenvalue weighted by Crippen LogP contribution is -2.55. The van der Waals surface area contributed by atoms with E-state index >= 15 is 0 Å². The van der Waals surface area contributed by atoms with Crippen LogP contribution in [0.5, 0.6) is 5.75 Å². The SMILES string of the molecule is COCC[C@@H](CN1CCC(C(=O)Nc2ccc(Cl)cc2OC(F)F)(n2nccc2C(C)C)CC1)C(=O)O. The first-order chi connectivity index (χ1) is 17.6. The molecule has 1 aliphatic rings. The second kappa shape index (κ2) is 12.7. The van der Waals surface area contributed by atoms with E-state index in [1.807, 2.05) is 24.8 Å². The summed E-state index contributed by atoms with van der Waals surface area (Å²) in [4.78, 5) is 27.6. The van der Waals surface area contributed by atoms with E-state index < -0.39 is 29.9 Å². The number of carbonyl (C=O) groups is 2. The number of hydrogen-bond donors (Lipinski definition) is 2. The fourth-order valence-electron chi connectivity index (χ4n) is 4.65. The molecule has 1 saturated heterocycles. The van der Waals surface area contributed by atoms with Gasteiger partial charge >= 0.3 is 12.6 Å². The van der Waals surface area contributed by atoms with E-state index in [1.54, 1.807) is 10.9 Å². The van der Waals surface area contributed by atoms with Crippen molar-refractivity contribution in [1.29, 1.82) is 0 Å². The molecule has 37 heavy (non-hydrogen) atoms. The zero-order chi connectivity index (χ0) is 27.2. The summed E-state index contributed by atoms with van der Waals surface area (Å²) >= 11 is 5.95.